The van der Waals surface area contributed by atoms with E-state index in [0.717, 1.165) is 29.6 Å². The average Bonchev–Trinajstić information content (AvgIpc) is 2.99. The predicted molar refractivity (Wildman–Crippen MR) is 135 cm³/mol. The van der Waals surface area contributed by atoms with Crippen LogP contribution in [0, 0.1) is 40.4 Å². The lowest BCUT2D eigenvalue weighted by atomic mass is 9.59. The molecule has 6 unspecified atom stereocenters. The average molecular weight is 420 g/mol. The molecule has 0 aromatic heterocycles. The minimum absolute atomic E-state index is 0.374. The Balaban J connectivity index is 2.02. The van der Waals surface area contributed by atoms with Crippen molar-refractivity contribution in [2.45, 2.75) is 144 Å². The third-order valence-electron chi connectivity index (χ3n) is 9.90. The molecule has 30 heavy (non-hydrogen) atoms. The van der Waals surface area contributed by atoms with Crippen molar-refractivity contribution in [3.8, 4) is 0 Å². The quantitative estimate of drug-likeness (QED) is 0.314. The van der Waals surface area contributed by atoms with Gasteiger partial charge in [0.25, 0.3) is 0 Å². The first kappa shape index (κ1) is 26.2. The molecule has 2 saturated carbocycles. The molecule has 0 aliphatic heterocycles. The Labute approximate surface area is 190 Å². The first-order valence-electron chi connectivity index (χ1n) is 13.9. The van der Waals surface area contributed by atoms with Crippen LogP contribution in [0.25, 0.3) is 0 Å². The van der Waals surface area contributed by atoms with Crippen LogP contribution in [0.2, 0.25) is 0 Å². The van der Waals surface area contributed by atoms with E-state index in [4.69, 9.17) is 5.73 Å². The summed E-state index contributed by atoms with van der Waals surface area (Å²) in [4.78, 5) is 0. The van der Waals surface area contributed by atoms with Gasteiger partial charge >= 0.3 is 0 Å². The van der Waals surface area contributed by atoms with E-state index in [-0.39, 0.29) is 0 Å². The molecule has 1 nitrogen and oxygen atoms in total. The lowest BCUT2D eigenvalue weighted by molar-refractivity contribution is 0.0401. The van der Waals surface area contributed by atoms with Gasteiger partial charge in [-0.05, 0) is 98.7 Å². The van der Waals surface area contributed by atoms with Crippen LogP contribution >= 0.6 is 0 Å². The highest BCUT2D eigenvalue weighted by Gasteiger charge is 2.48. The van der Waals surface area contributed by atoms with Gasteiger partial charge < -0.3 is 5.73 Å². The fourth-order valence-corrected chi connectivity index (χ4v) is 8.19. The molecule has 0 radical (unpaired) electrons. The van der Waals surface area contributed by atoms with Crippen molar-refractivity contribution in [1.29, 1.82) is 0 Å². The van der Waals surface area contributed by atoms with Crippen molar-refractivity contribution in [1.82, 2.24) is 0 Å². The van der Waals surface area contributed by atoms with Crippen molar-refractivity contribution in [3.05, 3.63) is 0 Å². The SMILES string of the molecule is CCCC1(C)C(CCCCC(C)N)CCC1C(C)C[C@H](CC)C1CCCCC1(C)C. The second kappa shape index (κ2) is 11.7. The zero-order valence-corrected chi connectivity index (χ0v) is 21.9. The van der Waals surface area contributed by atoms with Crippen molar-refractivity contribution in [2.75, 3.05) is 0 Å². The van der Waals surface area contributed by atoms with Gasteiger partial charge in [-0.25, -0.2) is 0 Å². The summed E-state index contributed by atoms with van der Waals surface area (Å²) >= 11 is 0. The van der Waals surface area contributed by atoms with E-state index >= 15 is 0 Å². The molecule has 0 aromatic rings. The van der Waals surface area contributed by atoms with Gasteiger partial charge in [0.15, 0.2) is 0 Å². The Morgan fingerprint density at radius 1 is 0.933 bits per heavy atom. The van der Waals surface area contributed by atoms with Gasteiger partial charge in [-0.3, -0.25) is 0 Å². The molecule has 2 fully saturated rings. The maximum atomic E-state index is 5.99. The first-order valence-corrected chi connectivity index (χ1v) is 13.9. The molecule has 2 aliphatic carbocycles. The van der Waals surface area contributed by atoms with Gasteiger partial charge in [-0.15, -0.1) is 0 Å². The smallest absolute Gasteiger partial charge is 0.00104 e. The van der Waals surface area contributed by atoms with Gasteiger partial charge in [-0.1, -0.05) is 80.1 Å². The number of unbranched alkanes of at least 4 members (excludes halogenated alkanes) is 1. The summed E-state index contributed by atoms with van der Waals surface area (Å²) in [5.41, 5.74) is 7.12. The highest BCUT2D eigenvalue weighted by Crippen LogP contribution is 2.57. The molecular weight excluding hydrogens is 362 g/mol. The third kappa shape index (κ3) is 6.49. The van der Waals surface area contributed by atoms with Crippen molar-refractivity contribution in [3.63, 3.8) is 0 Å². The van der Waals surface area contributed by atoms with Crippen molar-refractivity contribution >= 4 is 0 Å². The maximum absolute atomic E-state index is 5.99. The lowest BCUT2D eigenvalue weighted by Crippen LogP contribution is -2.37. The van der Waals surface area contributed by atoms with Gasteiger partial charge in [-0.2, -0.15) is 0 Å². The van der Waals surface area contributed by atoms with Gasteiger partial charge in [0, 0.05) is 6.04 Å². The van der Waals surface area contributed by atoms with Crippen LogP contribution < -0.4 is 5.73 Å². The molecular formula is C29H57N. The van der Waals surface area contributed by atoms with Crippen LogP contribution in [-0.2, 0) is 0 Å². The molecule has 0 saturated heterocycles. The van der Waals surface area contributed by atoms with Crippen LogP contribution in [0.1, 0.15) is 138 Å². The first-order chi connectivity index (χ1) is 14.2. The molecule has 2 N–H and O–H groups in total. The fraction of sp³-hybridized carbons (Fsp3) is 1.00. The van der Waals surface area contributed by atoms with E-state index in [9.17, 15) is 0 Å². The summed E-state index contributed by atoms with van der Waals surface area (Å²) in [5, 5.41) is 0. The second-order valence-electron chi connectivity index (χ2n) is 12.6. The summed E-state index contributed by atoms with van der Waals surface area (Å²) in [6.07, 6.45) is 19.8. The van der Waals surface area contributed by atoms with E-state index in [1.54, 1.807) is 0 Å². The largest absolute Gasteiger partial charge is 0.328 e. The van der Waals surface area contributed by atoms with Crippen LogP contribution in [0.15, 0.2) is 0 Å². The Morgan fingerprint density at radius 3 is 2.27 bits per heavy atom. The fourth-order valence-electron chi connectivity index (χ4n) is 8.19. The zero-order valence-electron chi connectivity index (χ0n) is 21.9. The topological polar surface area (TPSA) is 26.0 Å². The number of hydrogen-bond acceptors (Lipinski definition) is 1. The van der Waals surface area contributed by atoms with E-state index in [1.807, 2.05) is 0 Å². The normalized spacial score (nSPS) is 34.6. The zero-order chi connectivity index (χ0) is 22.4. The highest BCUT2D eigenvalue weighted by atomic mass is 14.6. The minimum atomic E-state index is 0.374. The summed E-state index contributed by atoms with van der Waals surface area (Å²) < 4.78 is 0. The molecule has 7 atom stereocenters. The molecule has 2 rings (SSSR count). The van der Waals surface area contributed by atoms with Crippen LogP contribution in [0.5, 0.6) is 0 Å². The molecule has 0 bridgehead atoms. The van der Waals surface area contributed by atoms with E-state index in [1.165, 1.54) is 89.9 Å². The predicted octanol–water partition coefficient (Wildman–Crippen LogP) is 9.00. The van der Waals surface area contributed by atoms with E-state index in [0.29, 0.717) is 16.9 Å². The van der Waals surface area contributed by atoms with Crippen molar-refractivity contribution < 1.29 is 0 Å². The lowest BCUT2D eigenvalue weighted by Gasteiger charge is -2.46. The third-order valence-corrected chi connectivity index (χ3v) is 9.90. The van der Waals surface area contributed by atoms with Crippen molar-refractivity contribution in [2.24, 2.45) is 46.2 Å². The van der Waals surface area contributed by atoms with Crippen LogP contribution in [-0.4, -0.2) is 6.04 Å². The molecule has 1 heteroatoms. The molecule has 0 aromatic carbocycles. The Morgan fingerprint density at radius 2 is 1.67 bits per heavy atom. The molecule has 178 valence electrons. The Hall–Kier alpha value is -0.0400. The standard InChI is InChI=1S/C29H57N/c1-8-19-29(7)25(15-11-10-14-23(4)30)17-18-26(29)22(3)21-24(9-2)27-16-12-13-20-28(27,5)6/h22-27H,8-21,30H2,1-7H3/t22?,23?,24-,25?,26?,27?,29?/m0/s1. The van der Waals surface area contributed by atoms with Gasteiger partial charge in [0.2, 0.25) is 0 Å². The van der Waals surface area contributed by atoms with Gasteiger partial charge in [0.05, 0.1) is 0 Å². The van der Waals surface area contributed by atoms with Crippen LogP contribution in [0.4, 0.5) is 0 Å². The molecule has 0 heterocycles. The molecule has 0 spiro atoms. The second-order valence-corrected chi connectivity index (χ2v) is 12.6. The number of rotatable bonds is 12. The molecule has 0 amide bonds. The highest BCUT2D eigenvalue weighted by molar-refractivity contribution is 4.97. The number of nitrogens with two attached hydrogens (primary N) is 1. The van der Waals surface area contributed by atoms with E-state index < -0.39 is 0 Å². The molecule has 2 aliphatic rings. The minimum Gasteiger partial charge on any atom is -0.328 e. The maximum Gasteiger partial charge on any atom is 0.00104 e. The van der Waals surface area contributed by atoms with Gasteiger partial charge in [0.1, 0.15) is 0 Å². The van der Waals surface area contributed by atoms with E-state index in [2.05, 4.69) is 48.5 Å². The Bertz CT molecular complexity index is 481. The Kier molecular flexibility index (Phi) is 10.2. The summed E-state index contributed by atoms with van der Waals surface area (Å²) in [5.74, 6) is 4.66. The summed E-state index contributed by atoms with van der Waals surface area (Å²) in [6, 6.07) is 0.374. The number of hydrogen-bond donors (Lipinski definition) is 1. The monoisotopic (exact) mass is 419 g/mol. The summed E-state index contributed by atoms with van der Waals surface area (Å²) in [6.45, 7) is 17.5. The van der Waals surface area contributed by atoms with Crippen LogP contribution in [0.3, 0.4) is 0 Å². The summed E-state index contributed by atoms with van der Waals surface area (Å²) in [7, 11) is 0.